The maximum absolute atomic E-state index is 9.60. The number of aromatic nitrogens is 6. The molecule has 0 radical (unpaired) electrons. The van der Waals surface area contributed by atoms with Gasteiger partial charge in [-0.05, 0) is 101 Å². The fourth-order valence-corrected chi connectivity index (χ4v) is 7.99. The van der Waals surface area contributed by atoms with E-state index < -0.39 is 0 Å². The summed E-state index contributed by atoms with van der Waals surface area (Å²) < 4.78 is 4.03. The third-order valence-electron chi connectivity index (χ3n) is 11.0. The molecule has 0 aliphatic carbocycles. The molecule has 17 heteroatoms. The first-order valence-corrected chi connectivity index (χ1v) is 19.3. The topological polar surface area (TPSA) is 202 Å². The van der Waals surface area contributed by atoms with Crippen LogP contribution < -0.4 is 21.4 Å². The summed E-state index contributed by atoms with van der Waals surface area (Å²) >= 11 is 0. The number of nitriles is 1. The first kappa shape index (κ1) is 40.8. The van der Waals surface area contributed by atoms with Crippen LogP contribution in [0.2, 0.25) is 0 Å². The number of benzene rings is 2. The van der Waals surface area contributed by atoms with Crippen molar-refractivity contribution in [3.63, 3.8) is 0 Å². The number of fused-ring (bicyclic) bond motifs is 10. The van der Waals surface area contributed by atoms with Crippen molar-refractivity contribution in [2.75, 3.05) is 76.3 Å². The molecule has 0 saturated carbocycles. The van der Waals surface area contributed by atoms with Crippen molar-refractivity contribution in [2.24, 2.45) is 16.8 Å². The molecule has 0 amide bonds. The zero-order valence-corrected chi connectivity index (χ0v) is 33.8. The summed E-state index contributed by atoms with van der Waals surface area (Å²) in [5.74, 6) is 5.48. The predicted octanol–water partition coefficient (Wildman–Crippen LogP) is 5.08. The van der Waals surface area contributed by atoms with Crippen LogP contribution in [0.25, 0.3) is 55.4 Å². The Balaban J connectivity index is 0.000000170. The molecule has 304 valence electrons. The molecule has 0 unspecified atom stereocenters. The van der Waals surface area contributed by atoms with Crippen molar-refractivity contribution in [3.8, 4) is 6.07 Å². The predicted molar refractivity (Wildman–Crippen MR) is 235 cm³/mol. The first-order chi connectivity index (χ1) is 28.4. The first-order valence-electron chi connectivity index (χ1n) is 19.3. The molecule has 8 heterocycles. The molecule has 6 aromatic heterocycles. The van der Waals surface area contributed by atoms with Gasteiger partial charge in [0.2, 0.25) is 0 Å². The summed E-state index contributed by atoms with van der Waals surface area (Å²) in [6.07, 6.45) is 2.25. The Kier molecular flexibility index (Phi) is 12.2. The second-order valence-corrected chi connectivity index (χ2v) is 14.7. The van der Waals surface area contributed by atoms with Crippen LogP contribution >= 0.6 is 12.4 Å². The Morgan fingerprint density at radius 3 is 1.64 bits per heavy atom. The normalized spacial score (nSPS) is 15.7. The highest BCUT2D eigenvalue weighted by atomic mass is 35.5. The SMILES string of the molecule is CN1CCCN(c2ccc3cc(C#N)c4nc5ccccc5n4c3n2)CC1.CN1CCCN(c2ccc3cc(C(N)=NO)c4nc5ccccc5n4c3n2)CC1.Cl.NO. The number of pyridine rings is 4. The summed E-state index contributed by atoms with van der Waals surface area (Å²) in [5, 5.41) is 30.4. The fourth-order valence-electron chi connectivity index (χ4n) is 7.99. The van der Waals surface area contributed by atoms with Gasteiger partial charge in [-0.25, -0.2) is 25.8 Å². The number of oxime groups is 1. The molecule has 0 bridgehead atoms. The third-order valence-corrected chi connectivity index (χ3v) is 11.0. The van der Waals surface area contributed by atoms with E-state index in [2.05, 4.69) is 80.1 Å². The van der Waals surface area contributed by atoms with Crippen LogP contribution in [0.15, 0.2) is 90.1 Å². The molecule has 6 N–H and O–H groups in total. The van der Waals surface area contributed by atoms with Gasteiger partial charge < -0.3 is 35.7 Å². The number of halogens is 1. The molecule has 59 heavy (non-hydrogen) atoms. The van der Waals surface area contributed by atoms with Crippen molar-refractivity contribution < 1.29 is 10.4 Å². The zero-order chi connectivity index (χ0) is 40.3. The van der Waals surface area contributed by atoms with Gasteiger partial charge in [-0.2, -0.15) is 5.26 Å². The highest BCUT2D eigenvalue weighted by Gasteiger charge is 2.20. The minimum absolute atomic E-state index is 0. The van der Waals surface area contributed by atoms with Crippen LogP contribution in [0, 0.1) is 11.3 Å². The van der Waals surface area contributed by atoms with E-state index in [1.54, 1.807) is 0 Å². The van der Waals surface area contributed by atoms with E-state index in [4.69, 9.17) is 25.9 Å². The number of nitrogens with zero attached hydrogens (tertiary/aromatic N) is 12. The van der Waals surface area contributed by atoms with E-state index in [0.29, 0.717) is 22.4 Å². The molecule has 2 aromatic carbocycles. The maximum Gasteiger partial charge on any atom is 0.173 e. The van der Waals surface area contributed by atoms with Crippen LogP contribution in [0.4, 0.5) is 11.6 Å². The van der Waals surface area contributed by atoms with Gasteiger partial charge in [0.05, 0.1) is 33.2 Å². The quantitative estimate of drug-likeness (QED) is 0.0797. The number of rotatable bonds is 3. The molecule has 2 fully saturated rings. The van der Waals surface area contributed by atoms with Crippen molar-refractivity contribution in [3.05, 3.63) is 96.1 Å². The van der Waals surface area contributed by atoms with Gasteiger partial charge in [-0.1, -0.05) is 29.4 Å². The molecule has 16 nitrogen and oxygen atoms in total. The highest BCUT2D eigenvalue weighted by molar-refractivity contribution is 6.07. The number of hydrogen-bond donors (Lipinski definition) is 4. The fraction of sp³-hybridized carbons (Fsp3) is 0.286. The highest BCUT2D eigenvalue weighted by Crippen LogP contribution is 2.29. The molecule has 0 atom stereocenters. The van der Waals surface area contributed by atoms with Crippen LogP contribution in [-0.2, 0) is 0 Å². The largest absolute Gasteiger partial charge is 0.409 e. The molecule has 2 saturated heterocycles. The molecular weight excluding hydrogens is 768 g/mol. The van der Waals surface area contributed by atoms with E-state index in [1.807, 2.05) is 69.5 Å². The van der Waals surface area contributed by atoms with Gasteiger partial charge in [0.25, 0.3) is 0 Å². The van der Waals surface area contributed by atoms with Crippen LogP contribution in [0.5, 0.6) is 0 Å². The molecule has 0 spiro atoms. The van der Waals surface area contributed by atoms with E-state index in [-0.39, 0.29) is 18.2 Å². The number of anilines is 2. The lowest BCUT2D eigenvalue weighted by Gasteiger charge is -2.22. The van der Waals surface area contributed by atoms with E-state index in [1.165, 1.54) is 0 Å². The van der Waals surface area contributed by atoms with Crippen LogP contribution in [0.1, 0.15) is 24.0 Å². The zero-order valence-electron chi connectivity index (χ0n) is 33.0. The molecule has 10 rings (SSSR count). The van der Waals surface area contributed by atoms with Crippen molar-refractivity contribution in [1.29, 1.82) is 5.26 Å². The van der Waals surface area contributed by atoms with Gasteiger partial charge in [0.15, 0.2) is 17.1 Å². The summed E-state index contributed by atoms with van der Waals surface area (Å²) in [6.45, 7) is 8.19. The number of hydrogen-bond acceptors (Lipinski definition) is 13. The average Bonchev–Trinajstić information content (AvgIpc) is 3.68. The smallest absolute Gasteiger partial charge is 0.173 e. The van der Waals surface area contributed by atoms with E-state index in [0.717, 1.165) is 121 Å². The van der Waals surface area contributed by atoms with Gasteiger partial charge in [-0.15, -0.1) is 12.4 Å². The number of imidazole rings is 2. The van der Waals surface area contributed by atoms with Gasteiger partial charge in [0, 0.05) is 50.0 Å². The monoisotopic (exact) mass is 814 g/mol. The van der Waals surface area contributed by atoms with Gasteiger partial charge in [-0.3, -0.25) is 8.80 Å². The summed E-state index contributed by atoms with van der Waals surface area (Å²) in [4.78, 5) is 28.9. The third kappa shape index (κ3) is 7.81. The lowest BCUT2D eigenvalue weighted by atomic mass is 10.2. The van der Waals surface area contributed by atoms with E-state index in [9.17, 15) is 10.5 Å². The van der Waals surface area contributed by atoms with E-state index >= 15 is 0 Å². The Hall–Kier alpha value is -6.35. The molecule has 8 aromatic rings. The number of nitrogens with two attached hydrogens (primary N) is 2. The van der Waals surface area contributed by atoms with Gasteiger partial charge in [0.1, 0.15) is 29.0 Å². The minimum Gasteiger partial charge on any atom is -0.409 e. The minimum atomic E-state index is 0. The second-order valence-electron chi connectivity index (χ2n) is 14.7. The molecular formula is C42H47ClN14O2. The Labute approximate surface area is 346 Å². The summed E-state index contributed by atoms with van der Waals surface area (Å²) in [6, 6.07) is 30.2. The summed E-state index contributed by atoms with van der Waals surface area (Å²) in [7, 11) is 4.33. The maximum atomic E-state index is 9.60. The molecule has 2 aliphatic heterocycles. The van der Waals surface area contributed by atoms with Crippen LogP contribution in [0.3, 0.4) is 0 Å². The van der Waals surface area contributed by atoms with Crippen molar-refractivity contribution >= 4 is 85.3 Å². The van der Waals surface area contributed by atoms with Crippen molar-refractivity contribution in [1.82, 2.24) is 38.5 Å². The Morgan fingerprint density at radius 2 is 1.12 bits per heavy atom. The molecule has 2 aliphatic rings. The number of likely N-dealkylation sites (N-methyl/N-ethyl adjacent to an activating group) is 2. The average molecular weight is 815 g/mol. The van der Waals surface area contributed by atoms with Crippen molar-refractivity contribution in [2.45, 2.75) is 12.8 Å². The summed E-state index contributed by atoms with van der Waals surface area (Å²) in [5.41, 5.74) is 13.8. The Bertz CT molecular complexity index is 2850. The second kappa shape index (κ2) is 17.6. The van der Waals surface area contributed by atoms with Gasteiger partial charge >= 0.3 is 0 Å². The number of amidine groups is 1. The number of para-hydroxylation sites is 4. The lowest BCUT2D eigenvalue weighted by molar-refractivity contribution is 0.311. The lowest BCUT2D eigenvalue weighted by Crippen LogP contribution is -2.29. The Morgan fingerprint density at radius 1 is 0.627 bits per heavy atom. The van der Waals surface area contributed by atoms with Crippen LogP contribution in [-0.4, -0.2) is 121 Å². The standard InChI is InChI=1S/C21H23N7O.C21H20N6.ClH.H3NO/c1-26-9-4-10-27(12-11-26)18-8-7-14-13-15(19(22)25-29)21-23-16-5-2-3-6-17(16)28(21)20(14)24-18;1-25-9-4-10-26(12-11-25)19-8-7-15-13-16(14-22)21-23-17-5-2-3-6-18(17)27(21)20(15)24-19;;1-2/h2-3,5-8,13,29H,4,9-12H2,1H3,(H2,22,25);2-3,5-8,13H,4,9-12H2,1H3;1H;2H,1H2.